The number of aliphatic hydroxyl groups is 1. The van der Waals surface area contributed by atoms with Gasteiger partial charge in [-0.05, 0) is 42.3 Å². The quantitative estimate of drug-likeness (QED) is 0.928. The zero-order valence-corrected chi connectivity index (χ0v) is 12.4. The molecule has 2 heterocycles. The molecule has 1 aliphatic rings. The molecule has 0 aromatic carbocycles. The average molecular weight is 315 g/mol. The molecule has 0 bridgehead atoms. The number of carbonyl (C=O) groups is 1. The molecule has 100 valence electrons. The summed E-state index contributed by atoms with van der Waals surface area (Å²) in [5.41, 5.74) is 0.718. The van der Waals surface area contributed by atoms with Crippen LogP contribution in [0.15, 0.2) is 16.7 Å². The molecule has 1 fully saturated rings. The van der Waals surface area contributed by atoms with Crippen LogP contribution in [0.1, 0.15) is 30.8 Å². The lowest BCUT2D eigenvalue weighted by molar-refractivity contribution is 0.0752. The first-order valence-electron chi connectivity index (χ1n) is 6.36. The number of amides is 1. The molecule has 5 heteroatoms. The molecule has 1 aromatic heterocycles. The van der Waals surface area contributed by atoms with Crippen LogP contribution >= 0.6 is 15.9 Å². The van der Waals surface area contributed by atoms with Crippen molar-refractivity contribution < 1.29 is 9.90 Å². The molecule has 0 saturated carbocycles. The summed E-state index contributed by atoms with van der Waals surface area (Å²) in [6.07, 6.45) is 2.47. The van der Waals surface area contributed by atoms with Gasteiger partial charge in [-0.25, -0.2) is 0 Å². The van der Waals surface area contributed by atoms with E-state index in [9.17, 15) is 9.90 Å². The molecule has 0 aliphatic carbocycles. The van der Waals surface area contributed by atoms with Crippen molar-refractivity contribution in [1.29, 1.82) is 0 Å². The van der Waals surface area contributed by atoms with Crippen molar-refractivity contribution in [3.8, 4) is 0 Å². The first-order chi connectivity index (χ1) is 8.52. The van der Waals surface area contributed by atoms with Gasteiger partial charge in [-0.15, -0.1) is 0 Å². The van der Waals surface area contributed by atoms with Crippen molar-refractivity contribution in [2.75, 3.05) is 13.1 Å². The molecule has 2 rings (SSSR count). The number of hydrogen-bond acceptors (Lipinski definition) is 2. The predicted molar refractivity (Wildman–Crippen MR) is 73.5 cm³/mol. The van der Waals surface area contributed by atoms with Gasteiger partial charge in [0.1, 0.15) is 5.69 Å². The Morgan fingerprint density at radius 1 is 1.67 bits per heavy atom. The van der Waals surface area contributed by atoms with E-state index in [1.807, 2.05) is 28.7 Å². The molecule has 1 saturated heterocycles. The monoisotopic (exact) mass is 314 g/mol. The van der Waals surface area contributed by atoms with E-state index in [0.717, 1.165) is 29.7 Å². The fraction of sp³-hybridized carbons (Fsp3) is 0.615. The molecular formula is C13H19BrN2O2. The maximum atomic E-state index is 12.4. The highest BCUT2D eigenvalue weighted by atomic mass is 79.9. The van der Waals surface area contributed by atoms with E-state index in [2.05, 4.69) is 15.9 Å². The number of rotatable bonds is 3. The van der Waals surface area contributed by atoms with Gasteiger partial charge in [-0.1, -0.05) is 0 Å². The minimum absolute atomic E-state index is 0.0608. The summed E-state index contributed by atoms with van der Waals surface area (Å²) < 4.78 is 2.88. The van der Waals surface area contributed by atoms with E-state index in [1.54, 1.807) is 6.92 Å². The van der Waals surface area contributed by atoms with Crippen molar-refractivity contribution in [2.24, 2.45) is 5.92 Å². The van der Waals surface area contributed by atoms with Crippen LogP contribution in [0.25, 0.3) is 0 Å². The van der Waals surface area contributed by atoms with Gasteiger partial charge in [0.15, 0.2) is 0 Å². The van der Waals surface area contributed by atoms with E-state index in [0.29, 0.717) is 6.54 Å². The number of aliphatic hydroxyl groups excluding tert-OH is 1. The minimum atomic E-state index is -0.340. The number of aromatic nitrogens is 1. The van der Waals surface area contributed by atoms with Crippen LogP contribution in [0.2, 0.25) is 0 Å². The molecule has 2 unspecified atom stereocenters. The molecule has 1 amide bonds. The lowest BCUT2D eigenvalue weighted by Gasteiger charge is -2.18. The van der Waals surface area contributed by atoms with Crippen LogP contribution in [0.5, 0.6) is 0 Å². The Labute approximate surface area is 116 Å². The second kappa shape index (κ2) is 5.45. The third-order valence-electron chi connectivity index (χ3n) is 3.62. The molecular weight excluding hydrogens is 296 g/mol. The van der Waals surface area contributed by atoms with Gasteiger partial charge in [0.05, 0.1) is 6.10 Å². The van der Waals surface area contributed by atoms with E-state index in [1.165, 1.54) is 0 Å². The van der Waals surface area contributed by atoms with E-state index < -0.39 is 0 Å². The average Bonchev–Trinajstić information content (AvgIpc) is 2.94. The molecule has 2 atom stereocenters. The number of aryl methyl sites for hydroxylation is 1. The van der Waals surface area contributed by atoms with Crippen molar-refractivity contribution in [2.45, 2.75) is 32.9 Å². The van der Waals surface area contributed by atoms with Gasteiger partial charge in [0.25, 0.3) is 5.91 Å². The van der Waals surface area contributed by atoms with Gasteiger partial charge < -0.3 is 14.6 Å². The summed E-state index contributed by atoms with van der Waals surface area (Å²) in [5, 5.41) is 9.58. The fourth-order valence-corrected chi connectivity index (χ4v) is 2.91. The van der Waals surface area contributed by atoms with E-state index >= 15 is 0 Å². The maximum absolute atomic E-state index is 12.4. The molecule has 4 nitrogen and oxygen atoms in total. The Morgan fingerprint density at radius 2 is 2.39 bits per heavy atom. The second-order valence-corrected chi connectivity index (χ2v) is 5.79. The van der Waals surface area contributed by atoms with Gasteiger partial charge in [0, 0.05) is 36.2 Å². The largest absolute Gasteiger partial charge is 0.393 e. The standard InChI is InChI=1S/C13H19BrN2O2/c1-3-15-8-11(14)6-12(15)13(18)16-5-4-10(7-16)9(2)17/h6,8-10,17H,3-5,7H2,1-2H3. The molecule has 0 radical (unpaired) electrons. The third kappa shape index (κ3) is 2.62. The summed E-state index contributed by atoms with van der Waals surface area (Å²) in [4.78, 5) is 14.2. The number of carbonyl (C=O) groups excluding carboxylic acids is 1. The Morgan fingerprint density at radius 3 is 2.94 bits per heavy atom. The fourth-order valence-electron chi connectivity index (χ4n) is 2.44. The summed E-state index contributed by atoms with van der Waals surface area (Å²) in [6, 6.07) is 1.86. The summed E-state index contributed by atoms with van der Waals surface area (Å²) in [7, 11) is 0. The van der Waals surface area contributed by atoms with Crippen molar-refractivity contribution in [3.05, 3.63) is 22.4 Å². The maximum Gasteiger partial charge on any atom is 0.270 e. The smallest absolute Gasteiger partial charge is 0.270 e. The first-order valence-corrected chi connectivity index (χ1v) is 7.15. The SMILES string of the molecule is CCn1cc(Br)cc1C(=O)N1CCC(C(C)O)C1. The van der Waals surface area contributed by atoms with Crippen LogP contribution in [-0.2, 0) is 6.54 Å². The van der Waals surface area contributed by atoms with Crippen molar-refractivity contribution in [3.63, 3.8) is 0 Å². The van der Waals surface area contributed by atoms with Crippen LogP contribution < -0.4 is 0 Å². The van der Waals surface area contributed by atoms with Crippen LogP contribution in [0.4, 0.5) is 0 Å². The summed E-state index contributed by atoms with van der Waals surface area (Å²) in [6.45, 7) is 5.99. The molecule has 1 aromatic rings. The Balaban J connectivity index is 2.12. The van der Waals surface area contributed by atoms with Crippen molar-refractivity contribution >= 4 is 21.8 Å². The van der Waals surface area contributed by atoms with Gasteiger partial charge in [0.2, 0.25) is 0 Å². The summed E-state index contributed by atoms with van der Waals surface area (Å²) in [5.74, 6) is 0.271. The number of nitrogens with zero attached hydrogens (tertiary/aromatic N) is 2. The molecule has 1 aliphatic heterocycles. The lowest BCUT2D eigenvalue weighted by atomic mass is 10.0. The predicted octanol–water partition coefficient (Wildman–Crippen LogP) is 2.11. The highest BCUT2D eigenvalue weighted by molar-refractivity contribution is 9.10. The van der Waals surface area contributed by atoms with Gasteiger partial charge in [-0.2, -0.15) is 0 Å². The Kier molecular flexibility index (Phi) is 4.12. The number of halogens is 1. The topological polar surface area (TPSA) is 45.5 Å². The summed E-state index contributed by atoms with van der Waals surface area (Å²) >= 11 is 3.40. The molecule has 1 N–H and O–H groups in total. The van der Waals surface area contributed by atoms with Crippen molar-refractivity contribution in [1.82, 2.24) is 9.47 Å². The highest BCUT2D eigenvalue weighted by Crippen LogP contribution is 2.23. The lowest BCUT2D eigenvalue weighted by Crippen LogP contribution is -2.31. The van der Waals surface area contributed by atoms with Crippen LogP contribution in [-0.4, -0.2) is 39.7 Å². The third-order valence-corrected chi connectivity index (χ3v) is 4.05. The van der Waals surface area contributed by atoms with E-state index in [-0.39, 0.29) is 17.9 Å². The second-order valence-electron chi connectivity index (χ2n) is 4.87. The Bertz CT molecular complexity index is 442. The minimum Gasteiger partial charge on any atom is -0.393 e. The van der Waals surface area contributed by atoms with Crippen LogP contribution in [0.3, 0.4) is 0 Å². The molecule has 0 spiro atoms. The number of likely N-dealkylation sites (tertiary alicyclic amines) is 1. The van der Waals surface area contributed by atoms with Crippen LogP contribution in [0, 0.1) is 5.92 Å². The zero-order chi connectivity index (χ0) is 13.3. The highest BCUT2D eigenvalue weighted by Gasteiger charge is 2.30. The van der Waals surface area contributed by atoms with E-state index in [4.69, 9.17) is 0 Å². The van der Waals surface area contributed by atoms with Gasteiger partial charge >= 0.3 is 0 Å². The normalized spacial score (nSPS) is 21.3. The first kappa shape index (κ1) is 13.6. The van der Waals surface area contributed by atoms with Gasteiger partial charge in [-0.3, -0.25) is 4.79 Å². The number of hydrogen-bond donors (Lipinski definition) is 1. The molecule has 18 heavy (non-hydrogen) atoms. The Hall–Kier alpha value is -0.810. The zero-order valence-electron chi connectivity index (χ0n) is 10.8.